The number of pyridine rings is 1. The SMILES string of the molecule is COc1ncccc1C(=O)NCCc1cccc(C(=O)O)c1. The molecule has 1 aromatic carbocycles. The van der Waals surface area contributed by atoms with Gasteiger partial charge in [-0.15, -0.1) is 0 Å². The van der Waals surface area contributed by atoms with Crippen LogP contribution in [-0.4, -0.2) is 35.6 Å². The fourth-order valence-electron chi connectivity index (χ4n) is 2.00. The van der Waals surface area contributed by atoms with Gasteiger partial charge in [0.2, 0.25) is 5.88 Å². The first kappa shape index (κ1) is 15.5. The first-order chi connectivity index (χ1) is 10.6. The molecule has 2 rings (SSSR count). The van der Waals surface area contributed by atoms with Crippen LogP contribution in [-0.2, 0) is 6.42 Å². The second-order valence-corrected chi connectivity index (χ2v) is 4.57. The summed E-state index contributed by atoms with van der Waals surface area (Å²) in [5, 5.41) is 11.7. The van der Waals surface area contributed by atoms with Crippen molar-refractivity contribution >= 4 is 11.9 Å². The highest BCUT2D eigenvalue weighted by atomic mass is 16.5. The highest BCUT2D eigenvalue weighted by Gasteiger charge is 2.12. The topological polar surface area (TPSA) is 88.5 Å². The Bertz CT molecular complexity index is 685. The zero-order chi connectivity index (χ0) is 15.9. The van der Waals surface area contributed by atoms with Gasteiger partial charge in [0.05, 0.1) is 12.7 Å². The summed E-state index contributed by atoms with van der Waals surface area (Å²) in [5.41, 5.74) is 1.44. The van der Waals surface area contributed by atoms with Crippen LogP contribution in [0.15, 0.2) is 42.6 Å². The fraction of sp³-hybridized carbons (Fsp3) is 0.188. The Labute approximate surface area is 127 Å². The number of carboxylic acids is 1. The number of nitrogens with zero attached hydrogens (tertiary/aromatic N) is 1. The molecule has 0 aliphatic heterocycles. The number of carbonyl (C=O) groups excluding carboxylic acids is 1. The van der Waals surface area contributed by atoms with Gasteiger partial charge in [-0.25, -0.2) is 9.78 Å². The maximum atomic E-state index is 12.1. The summed E-state index contributed by atoms with van der Waals surface area (Å²) in [6.45, 7) is 0.389. The van der Waals surface area contributed by atoms with E-state index in [-0.39, 0.29) is 17.4 Å². The molecule has 2 N–H and O–H groups in total. The smallest absolute Gasteiger partial charge is 0.335 e. The van der Waals surface area contributed by atoms with Crippen molar-refractivity contribution in [3.63, 3.8) is 0 Å². The quantitative estimate of drug-likeness (QED) is 0.848. The minimum atomic E-state index is -0.967. The van der Waals surface area contributed by atoms with Crippen LogP contribution in [0.4, 0.5) is 0 Å². The van der Waals surface area contributed by atoms with Crippen molar-refractivity contribution in [1.82, 2.24) is 10.3 Å². The highest BCUT2D eigenvalue weighted by molar-refractivity contribution is 5.96. The largest absolute Gasteiger partial charge is 0.480 e. The molecule has 1 aromatic heterocycles. The lowest BCUT2D eigenvalue weighted by atomic mass is 10.1. The number of hydrogen-bond acceptors (Lipinski definition) is 4. The van der Waals surface area contributed by atoms with Crippen LogP contribution >= 0.6 is 0 Å². The molecule has 0 saturated carbocycles. The van der Waals surface area contributed by atoms with E-state index in [2.05, 4.69) is 10.3 Å². The number of aromatic nitrogens is 1. The van der Waals surface area contributed by atoms with E-state index < -0.39 is 5.97 Å². The lowest BCUT2D eigenvalue weighted by molar-refractivity contribution is 0.0696. The summed E-state index contributed by atoms with van der Waals surface area (Å²) in [6.07, 6.45) is 2.09. The minimum absolute atomic E-state index is 0.234. The molecule has 6 heteroatoms. The Morgan fingerprint density at radius 2 is 2.09 bits per heavy atom. The standard InChI is InChI=1S/C16H16N2O4/c1-22-15-13(6-3-8-18-15)14(19)17-9-7-11-4-2-5-12(10-11)16(20)21/h2-6,8,10H,7,9H2,1H3,(H,17,19)(H,20,21). The molecule has 0 saturated heterocycles. The van der Waals surface area contributed by atoms with Crippen LogP contribution in [0.5, 0.6) is 5.88 Å². The van der Waals surface area contributed by atoms with Crippen molar-refractivity contribution in [2.24, 2.45) is 0 Å². The average molecular weight is 300 g/mol. The Hall–Kier alpha value is -2.89. The van der Waals surface area contributed by atoms with E-state index in [1.165, 1.54) is 13.2 Å². The van der Waals surface area contributed by atoms with Crippen LogP contribution in [0.2, 0.25) is 0 Å². The number of nitrogens with one attached hydrogen (secondary N) is 1. The number of hydrogen-bond donors (Lipinski definition) is 2. The molecule has 0 unspecified atom stereocenters. The van der Waals surface area contributed by atoms with Crippen LogP contribution in [0.1, 0.15) is 26.3 Å². The first-order valence-electron chi connectivity index (χ1n) is 6.71. The molecule has 0 aliphatic carbocycles. The molecule has 0 fully saturated rings. The second kappa shape index (κ2) is 7.21. The van der Waals surface area contributed by atoms with Gasteiger partial charge in [0.15, 0.2) is 0 Å². The summed E-state index contributed by atoms with van der Waals surface area (Å²) in [6, 6.07) is 9.93. The van der Waals surface area contributed by atoms with Crippen molar-refractivity contribution < 1.29 is 19.4 Å². The number of ether oxygens (including phenoxy) is 1. The molecule has 22 heavy (non-hydrogen) atoms. The van der Waals surface area contributed by atoms with E-state index in [0.717, 1.165) is 5.56 Å². The van der Waals surface area contributed by atoms with Crippen LogP contribution in [0.3, 0.4) is 0 Å². The number of carboxylic acid groups (broad SMARTS) is 1. The van der Waals surface area contributed by atoms with Crippen LogP contribution in [0.25, 0.3) is 0 Å². The maximum absolute atomic E-state index is 12.1. The monoisotopic (exact) mass is 300 g/mol. The predicted molar refractivity (Wildman–Crippen MR) is 80.2 cm³/mol. The van der Waals surface area contributed by atoms with Gasteiger partial charge in [-0.05, 0) is 36.2 Å². The number of amides is 1. The molecule has 0 bridgehead atoms. The number of methoxy groups -OCH3 is 1. The summed E-state index contributed by atoms with van der Waals surface area (Å²) >= 11 is 0. The van der Waals surface area contributed by atoms with Gasteiger partial charge < -0.3 is 15.2 Å². The lowest BCUT2D eigenvalue weighted by Crippen LogP contribution is -2.26. The Kier molecular flexibility index (Phi) is 5.08. The molecular formula is C16H16N2O4. The minimum Gasteiger partial charge on any atom is -0.480 e. The molecule has 2 aromatic rings. The summed E-state index contributed by atoms with van der Waals surface area (Å²) in [4.78, 5) is 26.9. The van der Waals surface area contributed by atoms with E-state index in [1.54, 1.807) is 30.5 Å². The molecule has 114 valence electrons. The summed E-state index contributed by atoms with van der Waals surface area (Å²) < 4.78 is 5.04. The molecule has 1 heterocycles. The second-order valence-electron chi connectivity index (χ2n) is 4.57. The Morgan fingerprint density at radius 3 is 2.82 bits per heavy atom. The molecule has 0 radical (unpaired) electrons. The predicted octanol–water partition coefficient (Wildman–Crippen LogP) is 1.76. The van der Waals surface area contributed by atoms with E-state index in [4.69, 9.17) is 9.84 Å². The molecule has 1 amide bonds. The van der Waals surface area contributed by atoms with Crippen molar-refractivity contribution in [2.45, 2.75) is 6.42 Å². The number of carbonyl (C=O) groups is 2. The molecule has 6 nitrogen and oxygen atoms in total. The van der Waals surface area contributed by atoms with Gasteiger partial charge in [0.25, 0.3) is 5.91 Å². The third-order valence-electron chi connectivity index (χ3n) is 3.08. The van der Waals surface area contributed by atoms with E-state index >= 15 is 0 Å². The third-order valence-corrected chi connectivity index (χ3v) is 3.08. The highest BCUT2D eigenvalue weighted by Crippen LogP contribution is 2.13. The van der Waals surface area contributed by atoms with Crippen molar-refractivity contribution in [3.8, 4) is 5.88 Å². The van der Waals surface area contributed by atoms with Crippen LogP contribution < -0.4 is 10.1 Å². The Balaban J connectivity index is 1.95. The zero-order valence-corrected chi connectivity index (χ0v) is 12.1. The van der Waals surface area contributed by atoms with Gasteiger partial charge in [-0.1, -0.05) is 12.1 Å². The zero-order valence-electron chi connectivity index (χ0n) is 12.1. The fourth-order valence-corrected chi connectivity index (χ4v) is 2.00. The van der Waals surface area contributed by atoms with Gasteiger partial charge in [0.1, 0.15) is 5.56 Å². The van der Waals surface area contributed by atoms with E-state index in [1.807, 2.05) is 6.07 Å². The molecule has 0 aliphatic rings. The van der Waals surface area contributed by atoms with Crippen molar-refractivity contribution in [1.29, 1.82) is 0 Å². The van der Waals surface area contributed by atoms with E-state index in [9.17, 15) is 9.59 Å². The molecule has 0 spiro atoms. The van der Waals surface area contributed by atoms with Gasteiger partial charge in [-0.2, -0.15) is 0 Å². The number of benzene rings is 1. The lowest BCUT2D eigenvalue weighted by Gasteiger charge is -2.08. The molecular weight excluding hydrogens is 284 g/mol. The van der Waals surface area contributed by atoms with Crippen molar-refractivity contribution in [3.05, 3.63) is 59.3 Å². The summed E-state index contributed by atoms with van der Waals surface area (Å²) in [7, 11) is 1.45. The average Bonchev–Trinajstić information content (AvgIpc) is 2.55. The third kappa shape index (κ3) is 3.82. The molecule has 0 atom stereocenters. The van der Waals surface area contributed by atoms with Crippen molar-refractivity contribution in [2.75, 3.05) is 13.7 Å². The van der Waals surface area contributed by atoms with Gasteiger partial charge in [0, 0.05) is 12.7 Å². The summed E-state index contributed by atoms with van der Waals surface area (Å²) in [5.74, 6) is -0.974. The number of aromatic carboxylic acids is 1. The maximum Gasteiger partial charge on any atom is 0.335 e. The Morgan fingerprint density at radius 1 is 1.27 bits per heavy atom. The first-order valence-corrected chi connectivity index (χ1v) is 6.71. The van der Waals surface area contributed by atoms with E-state index in [0.29, 0.717) is 18.5 Å². The number of rotatable bonds is 6. The normalized spacial score (nSPS) is 10.0. The van der Waals surface area contributed by atoms with Gasteiger partial charge in [-0.3, -0.25) is 4.79 Å². The van der Waals surface area contributed by atoms with Gasteiger partial charge >= 0.3 is 5.97 Å². The van der Waals surface area contributed by atoms with Crippen LogP contribution in [0, 0.1) is 0 Å².